The van der Waals surface area contributed by atoms with E-state index in [0.29, 0.717) is 16.6 Å². The maximum atomic E-state index is 12.6. The zero-order chi connectivity index (χ0) is 19.2. The van der Waals surface area contributed by atoms with Gasteiger partial charge in [-0.15, -0.1) is 5.10 Å². The van der Waals surface area contributed by atoms with Crippen molar-refractivity contribution in [3.8, 4) is 17.2 Å². The van der Waals surface area contributed by atoms with Gasteiger partial charge in [-0.05, 0) is 53.7 Å². The molecule has 1 amide bonds. The summed E-state index contributed by atoms with van der Waals surface area (Å²) in [6.07, 6.45) is 0. The van der Waals surface area contributed by atoms with Crippen LogP contribution in [-0.2, 0) is 4.79 Å². The van der Waals surface area contributed by atoms with Crippen LogP contribution in [0.15, 0.2) is 53.7 Å². The van der Waals surface area contributed by atoms with Gasteiger partial charge >= 0.3 is 0 Å². The number of aromatic nitrogens is 4. The predicted molar refractivity (Wildman–Crippen MR) is 103 cm³/mol. The number of ether oxygens (including phenoxy) is 2. The molecule has 0 aliphatic heterocycles. The van der Waals surface area contributed by atoms with E-state index in [9.17, 15) is 4.79 Å². The Labute approximate surface area is 160 Å². The minimum Gasteiger partial charge on any atom is -0.497 e. The third kappa shape index (κ3) is 4.37. The highest BCUT2D eigenvalue weighted by atomic mass is 32.2. The van der Waals surface area contributed by atoms with E-state index in [4.69, 9.17) is 9.47 Å². The topological polar surface area (TPSA) is 91.2 Å². The van der Waals surface area contributed by atoms with E-state index in [0.717, 1.165) is 11.4 Å². The Morgan fingerprint density at radius 3 is 2.56 bits per heavy atom. The Kier molecular flexibility index (Phi) is 5.92. The van der Waals surface area contributed by atoms with Gasteiger partial charge in [0.05, 0.1) is 30.8 Å². The van der Waals surface area contributed by atoms with Crippen LogP contribution in [-0.4, -0.2) is 45.6 Å². The van der Waals surface area contributed by atoms with Crippen LogP contribution in [0.3, 0.4) is 0 Å². The fourth-order valence-electron chi connectivity index (χ4n) is 2.33. The number of para-hydroxylation sites is 2. The number of thioether (sulfide) groups is 1. The van der Waals surface area contributed by atoms with E-state index in [1.165, 1.54) is 11.8 Å². The van der Waals surface area contributed by atoms with Crippen molar-refractivity contribution in [3.05, 3.63) is 48.5 Å². The first-order valence-corrected chi connectivity index (χ1v) is 9.03. The summed E-state index contributed by atoms with van der Waals surface area (Å²) in [7, 11) is 3.17. The summed E-state index contributed by atoms with van der Waals surface area (Å²) in [5.74, 6) is 1.17. The second kappa shape index (κ2) is 8.54. The van der Waals surface area contributed by atoms with Gasteiger partial charge in [0.1, 0.15) is 11.5 Å². The van der Waals surface area contributed by atoms with Crippen molar-refractivity contribution in [1.29, 1.82) is 0 Å². The van der Waals surface area contributed by atoms with Gasteiger partial charge in [-0.25, -0.2) is 0 Å². The summed E-state index contributed by atoms with van der Waals surface area (Å²) in [6.45, 7) is 1.79. The van der Waals surface area contributed by atoms with Crippen LogP contribution in [0.2, 0.25) is 0 Å². The summed E-state index contributed by atoms with van der Waals surface area (Å²) in [5, 5.41) is 14.7. The van der Waals surface area contributed by atoms with E-state index in [-0.39, 0.29) is 5.91 Å². The summed E-state index contributed by atoms with van der Waals surface area (Å²) >= 11 is 1.27. The van der Waals surface area contributed by atoms with Crippen molar-refractivity contribution in [1.82, 2.24) is 20.2 Å². The molecule has 1 N–H and O–H groups in total. The number of rotatable bonds is 7. The van der Waals surface area contributed by atoms with Crippen LogP contribution in [0, 0.1) is 0 Å². The monoisotopic (exact) mass is 385 g/mol. The number of carbonyl (C=O) groups excluding carboxylic acids is 1. The zero-order valence-electron chi connectivity index (χ0n) is 15.1. The van der Waals surface area contributed by atoms with Crippen molar-refractivity contribution < 1.29 is 14.3 Å². The molecular formula is C18H19N5O3S. The molecular weight excluding hydrogens is 366 g/mol. The Hall–Kier alpha value is -3.07. The van der Waals surface area contributed by atoms with Gasteiger partial charge < -0.3 is 14.8 Å². The van der Waals surface area contributed by atoms with Gasteiger partial charge in [0.15, 0.2) is 0 Å². The zero-order valence-corrected chi connectivity index (χ0v) is 15.9. The molecule has 1 unspecified atom stereocenters. The van der Waals surface area contributed by atoms with Crippen molar-refractivity contribution in [2.24, 2.45) is 0 Å². The molecule has 1 atom stereocenters. The lowest BCUT2D eigenvalue weighted by Gasteiger charge is -2.13. The second-order valence-corrected chi connectivity index (χ2v) is 6.83. The van der Waals surface area contributed by atoms with Gasteiger partial charge in [-0.2, -0.15) is 4.68 Å². The Balaban J connectivity index is 1.71. The smallest absolute Gasteiger partial charge is 0.237 e. The third-order valence-corrected chi connectivity index (χ3v) is 4.81. The van der Waals surface area contributed by atoms with Crippen LogP contribution in [0.4, 0.5) is 5.69 Å². The summed E-state index contributed by atoms with van der Waals surface area (Å²) in [5.41, 5.74) is 1.40. The van der Waals surface area contributed by atoms with Crippen LogP contribution in [0.5, 0.6) is 11.5 Å². The minimum absolute atomic E-state index is 0.172. The maximum absolute atomic E-state index is 12.6. The Morgan fingerprint density at radius 2 is 1.85 bits per heavy atom. The molecule has 140 valence electrons. The van der Waals surface area contributed by atoms with Gasteiger partial charge in [0.2, 0.25) is 11.1 Å². The highest BCUT2D eigenvalue weighted by Crippen LogP contribution is 2.27. The number of hydrogen-bond acceptors (Lipinski definition) is 7. The van der Waals surface area contributed by atoms with Crippen molar-refractivity contribution >= 4 is 23.4 Å². The lowest BCUT2D eigenvalue weighted by Crippen LogP contribution is -2.23. The lowest BCUT2D eigenvalue weighted by atomic mass is 10.3. The lowest BCUT2D eigenvalue weighted by molar-refractivity contribution is -0.115. The third-order valence-electron chi connectivity index (χ3n) is 3.77. The first-order valence-electron chi connectivity index (χ1n) is 8.15. The van der Waals surface area contributed by atoms with Gasteiger partial charge in [-0.3, -0.25) is 4.79 Å². The molecule has 8 nitrogen and oxygen atoms in total. The molecule has 1 heterocycles. The van der Waals surface area contributed by atoms with Gasteiger partial charge in [0.25, 0.3) is 0 Å². The molecule has 0 fully saturated rings. The SMILES string of the molecule is COc1ccc(-n2nnnc2SC(C)C(=O)Nc2ccccc2OC)cc1. The average molecular weight is 385 g/mol. The number of nitrogens with zero attached hydrogens (tertiary/aromatic N) is 4. The molecule has 0 spiro atoms. The van der Waals surface area contributed by atoms with Crippen molar-refractivity contribution in [3.63, 3.8) is 0 Å². The molecule has 3 aromatic rings. The molecule has 3 rings (SSSR count). The summed E-state index contributed by atoms with van der Waals surface area (Å²) < 4.78 is 12.0. The normalized spacial score (nSPS) is 11.7. The van der Waals surface area contributed by atoms with E-state index in [1.54, 1.807) is 38.0 Å². The average Bonchev–Trinajstić information content (AvgIpc) is 3.16. The number of carbonyl (C=O) groups is 1. The molecule has 1 aromatic heterocycles. The number of nitrogens with one attached hydrogen (secondary N) is 1. The highest BCUT2D eigenvalue weighted by molar-refractivity contribution is 8.00. The van der Waals surface area contributed by atoms with E-state index in [2.05, 4.69) is 20.8 Å². The van der Waals surface area contributed by atoms with Crippen molar-refractivity contribution in [2.45, 2.75) is 17.3 Å². The molecule has 9 heteroatoms. The van der Waals surface area contributed by atoms with E-state index >= 15 is 0 Å². The summed E-state index contributed by atoms with van der Waals surface area (Å²) in [4.78, 5) is 12.6. The van der Waals surface area contributed by atoms with E-state index < -0.39 is 5.25 Å². The Bertz CT molecular complexity index is 913. The molecule has 0 saturated heterocycles. The maximum Gasteiger partial charge on any atom is 0.237 e. The Morgan fingerprint density at radius 1 is 1.11 bits per heavy atom. The van der Waals surface area contributed by atoms with Crippen LogP contribution in [0.25, 0.3) is 5.69 Å². The molecule has 0 aliphatic rings. The van der Waals surface area contributed by atoms with E-state index in [1.807, 2.05) is 36.4 Å². The number of tetrazole rings is 1. The van der Waals surface area contributed by atoms with Crippen LogP contribution < -0.4 is 14.8 Å². The number of benzene rings is 2. The fraction of sp³-hybridized carbons (Fsp3) is 0.222. The molecule has 27 heavy (non-hydrogen) atoms. The fourth-order valence-corrected chi connectivity index (χ4v) is 3.14. The summed E-state index contributed by atoms with van der Waals surface area (Å²) in [6, 6.07) is 14.6. The molecule has 0 bridgehead atoms. The van der Waals surface area contributed by atoms with Crippen molar-refractivity contribution in [2.75, 3.05) is 19.5 Å². The second-order valence-electron chi connectivity index (χ2n) is 5.52. The predicted octanol–water partition coefficient (Wildman–Crippen LogP) is 2.80. The van der Waals surface area contributed by atoms with Crippen LogP contribution in [0.1, 0.15) is 6.92 Å². The number of methoxy groups -OCH3 is 2. The largest absolute Gasteiger partial charge is 0.497 e. The molecule has 0 saturated carbocycles. The molecule has 0 aliphatic carbocycles. The standard InChI is InChI=1S/C18H19N5O3S/c1-12(17(24)19-15-6-4-5-7-16(15)26-3)27-18-20-21-22-23(18)13-8-10-14(25-2)11-9-13/h4-12H,1-3H3,(H,19,24). The van der Waals surface area contributed by atoms with Gasteiger partial charge in [0, 0.05) is 0 Å². The van der Waals surface area contributed by atoms with Crippen LogP contribution >= 0.6 is 11.8 Å². The number of anilines is 1. The first kappa shape index (κ1) is 18.7. The number of amides is 1. The highest BCUT2D eigenvalue weighted by Gasteiger charge is 2.20. The number of hydrogen-bond donors (Lipinski definition) is 1. The van der Waals surface area contributed by atoms with Gasteiger partial charge in [-0.1, -0.05) is 23.9 Å². The first-order chi connectivity index (χ1) is 13.1. The quantitative estimate of drug-likeness (QED) is 0.625. The molecule has 2 aromatic carbocycles. The molecule has 0 radical (unpaired) electrons. The minimum atomic E-state index is -0.419.